The van der Waals surface area contributed by atoms with Crippen molar-refractivity contribution in [1.82, 2.24) is 0 Å². The van der Waals surface area contributed by atoms with Crippen LogP contribution < -0.4 is 0 Å². The van der Waals surface area contributed by atoms with Crippen LogP contribution in [0.4, 0.5) is 0 Å². The Morgan fingerprint density at radius 1 is 0.609 bits per heavy atom. The van der Waals surface area contributed by atoms with Crippen molar-refractivity contribution in [3.63, 3.8) is 0 Å². The summed E-state index contributed by atoms with van der Waals surface area (Å²) in [6.07, 6.45) is 5.53. The number of ether oxygens (including phenoxy) is 2. The Labute approximate surface area is 138 Å². The van der Waals surface area contributed by atoms with Gasteiger partial charge in [-0.05, 0) is 36.8 Å². The van der Waals surface area contributed by atoms with Crippen LogP contribution in [0.5, 0.6) is 0 Å². The monoisotopic (exact) mass is 314 g/mol. The molecule has 0 aromatic heterocycles. The Hall–Kier alpha value is -1.68. The highest BCUT2D eigenvalue weighted by molar-refractivity contribution is 5.18. The third kappa shape index (κ3) is 5.17. The summed E-state index contributed by atoms with van der Waals surface area (Å²) >= 11 is 0. The normalized spacial score (nSPS) is 22.8. The fraction of sp³-hybridized carbons (Fsp3) is 0.400. The molecule has 4 rings (SSSR count). The lowest BCUT2D eigenvalue weighted by Crippen LogP contribution is -1.93. The van der Waals surface area contributed by atoms with Gasteiger partial charge >= 0.3 is 0 Å². The van der Waals surface area contributed by atoms with Gasteiger partial charge in [0.2, 0.25) is 0 Å². The van der Waals surface area contributed by atoms with Crippen LogP contribution >= 0.6 is 0 Å². The molecule has 3 nitrogen and oxygen atoms in total. The molecule has 2 aromatic carbocycles. The second-order valence-electron chi connectivity index (χ2n) is 5.82. The van der Waals surface area contributed by atoms with Gasteiger partial charge in [-0.2, -0.15) is 0 Å². The van der Waals surface area contributed by atoms with E-state index in [1.807, 2.05) is 12.1 Å². The molecule has 3 heteroatoms. The van der Waals surface area contributed by atoms with Crippen molar-refractivity contribution in [2.24, 2.45) is 0 Å². The molecule has 0 bridgehead atoms. The average molecular weight is 314 g/mol. The van der Waals surface area contributed by atoms with E-state index >= 15 is 0 Å². The van der Waals surface area contributed by atoms with Gasteiger partial charge in [0.1, 0.15) is 0 Å². The van der Waals surface area contributed by atoms with Gasteiger partial charge in [-0.25, -0.2) is 0 Å². The molecule has 0 amide bonds. The van der Waals surface area contributed by atoms with Crippen LogP contribution in [0.2, 0.25) is 0 Å². The molecule has 2 atom stereocenters. The minimum absolute atomic E-state index is 0. The SMILES string of the molecule is O.c1ccc(C2CCCO2)cc1.c1ccc(C2CCCO2)cc1. The van der Waals surface area contributed by atoms with Crippen LogP contribution in [0.3, 0.4) is 0 Å². The van der Waals surface area contributed by atoms with E-state index in [0.717, 1.165) is 13.2 Å². The number of rotatable bonds is 2. The third-order valence-corrected chi connectivity index (χ3v) is 4.20. The fourth-order valence-electron chi connectivity index (χ4n) is 3.02. The standard InChI is InChI=1S/2C10H12O.H2O/c2*1-2-5-9(6-3-1)10-7-4-8-11-10;/h2*1-3,5-6,10H,4,7-8H2;1H2. The first-order chi connectivity index (χ1) is 10.9. The van der Waals surface area contributed by atoms with Gasteiger partial charge in [-0.15, -0.1) is 0 Å². The van der Waals surface area contributed by atoms with E-state index in [-0.39, 0.29) is 5.48 Å². The van der Waals surface area contributed by atoms with Crippen LogP contribution in [0, 0.1) is 0 Å². The number of hydrogen-bond acceptors (Lipinski definition) is 2. The second kappa shape index (κ2) is 9.46. The molecule has 0 radical (unpaired) electrons. The summed E-state index contributed by atoms with van der Waals surface area (Å²) < 4.78 is 11.1. The highest BCUT2D eigenvalue weighted by Crippen LogP contribution is 2.28. The molecule has 0 spiro atoms. The van der Waals surface area contributed by atoms with E-state index in [9.17, 15) is 0 Å². The second-order valence-corrected chi connectivity index (χ2v) is 5.82. The summed E-state index contributed by atoms with van der Waals surface area (Å²) in [4.78, 5) is 0. The number of benzene rings is 2. The van der Waals surface area contributed by atoms with E-state index in [0.29, 0.717) is 12.2 Å². The minimum Gasteiger partial charge on any atom is -0.412 e. The largest absolute Gasteiger partial charge is 0.412 e. The van der Waals surface area contributed by atoms with E-state index in [1.54, 1.807) is 0 Å². The maximum absolute atomic E-state index is 5.54. The first-order valence-corrected chi connectivity index (χ1v) is 8.26. The molecule has 2 aliphatic heterocycles. The molecular formula is C20H26O3. The maximum Gasteiger partial charge on any atom is 0.0825 e. The predicted octanol–water partition coefficient (Wildman–Crippen LogP) is 4.25. The molecule has 2 aromatic rings. The van der Waals surface area contributed by atoms with Crippen LogP contribution in [-0.4, -0.2) is 18.7 Å². The smallest absolute Gasteiger partial charge is 0.0825 e. The Bertz CT molecular complexity index is 478. The number of hydrogen-bond donors (Lipinski definition) is 0. The minimum atomic E-state index is 0. The summed E-state index contributed by atoms with van der Waals surface area (Å²) in [5.74, 6) is 0. The Morgan fingerprint density at radius 2 is 1.00 bits per heavy atom. The van der Waals surface area contributed by atoms with Crippen LogP contribution in [0.25, 0.3) is 0 Å². The quantitative estimate of drug-likeness (QED) is 0.832. The van der Waals surface area contributed by atoms with Crippen molar-refractivity contribution in [3.8, 4) is 0 Å². The molecule has 0 saturated carbocycles. The van der Waals surface area contributed by atoms with E-state index in [4.69, 9.17) is 9.47 Å². The van der Waals surface area contributed by atoms with E-state index in [2.05, 4.69) is 48.5 Å². The van der Waals surface area contributed by atoms with Gasteiger partial charge in [0.15, 0.2) is 0 Å². The van der Waals surface area contributed by atoms with Crippen LogP contribution in [0.15, 0.2) is 60.7 Å². The molecule has 2 N–H and O–H groups in total. The summed E-state index contributed by atoms with van der Waals surface area (Å²) in [5, 5.41) is 0. The highest BCUT2D eigenvalue weighted by atomic mass is 16.5. The Morgan fingerprint density at radius 3 is 1.30 bits per heavy atom. The summed E-state index contributed by atoms with van der Waals surface area (Å²) in [6.45, 7) is 1.86. The molecule has 2 saturated heterocycles. The molecule has 2 fully saturated rings. The molecule has 2 unspecified atom stereocenters. The van der Waals surface area contributed by atoms with Crippen molar-refractivity contribution >= 4 is 0 Å². The topological polar surface area (TPSA) is 50.0 Å². The summed E-state index contributed by atoms with van der Waals surface area (Å²) in [5.41, 5.74) is 2.65. The summed E-state index contributed by atoms with van der Waals surface area (Å²) in [6, 6.07) is 20.9. The zero-order valence-corrected chi connectivity index (χ0v) is 13.5. The lowest BCUT2D eigenvalue weighted by Gasteiger charge is -2.07. The van der Waals surface area contributed by atoms with Gasteiger partial charge in [0.05, 0.1) is 12.2 Å². The predicted molar refractivity (Wildman–Crippen MR) is 92.4 cm³/mol. The van der Waals surface area contributed by atoms with Crippen molar-refractivity contribution in [2.75, 3.05) is 13.2 Å². The first kappa shape index (κ1) is 17.7. The molecule has 2 heterocycles. The molecule has 2 aliphatic rings. The van der Waals surface area contributed by atoms with Gasteiger partial charge in [0.25, 0.3) is 0 Å². The fourth-order valence-corrected chi connectivity index (χ4v) is 3.02. The molecule has 124 valence electrons. The van der Waals surface area contributed by atoms with E-state index < -0.39 is 0 Å². The first-order valence-electron chi connectivity index (χ1n) is 8.26. The average Bonchev–Trinajstić information content (AvgIpc) is 3.31. The zero-order chi connectivity index (χ0) is 15.0. The Balaban J connectivity index is 0.000000160. The summed E-state index contributed by atoms with van der Waals surface area (Å²) in [7, 11) is 0. The molecular weight excluding hydrogens is 288 g/mol. The zero-order valence-electron chi connectivity index (χ0n) is 13.5. The lowest BCUT2D eigenvalue weighted by molar-refractivity contribution is 0.112. The van der Waals surface area contributed by atoms with Crippen molar-refractivity contribution in [2.45, 2.75) is 37.9 Å². The Kier molecular flexibility index (Phi) is 7.27. The third-order valence-electron chi connectivity index (χ3n) is 4.20. The molecule has 0 aliphatic carbocycles. The van der Waals surface area contributed by atoms with Crippen LogP contribution in [0.1, 0.15) is 49.0 Å². The maximum atomic E-state index is 5.54. The van der Waals surface area contributed by atoms with Crippen LogP contribution in [-0.2, 0) is 9.47 Å². The van der Waals surface area contributed by atoms with Crippen molar-refractivity contribution in [1.29, 1.82) is 0 Å². The van der Waals surface area contributed by atoms with Gasteiger partial charge < -0.3 is 14.9 Å². The highest BCUT2D eigenvalue weighted by Gasteiger charge is 2.17. The lowest BCUT2D eigenvalue weighted by atomic mass is 10.1. The molecule has 23 heavy (non-hydrogen) atoms. The van der Waals surface area contributed by atoms with Gasteiger partial charge in [-0.1, -0.05) is 60.7 Å². The van der Waals surface area contributed by atoms with Crippen molar-refractivity contribution in [3.05, 3.63) is 71.8 Å². The van der Waals surface area contributed by atoms with Gasteiger partial charge in [-0.3, -0.25) is 0 Å². The van der Waals surface area contributed by atoms with Gasteiger partial charge in [0, 0.05) is 13.2 Å². The van der Waals surface area contributed by atoms with E-state index in [1.165, 1.54) is 36.8 Å². The van der Waals surface area contributed by atoms with Crippen molar-refractivity contribution < 1.29 is 14.9 Å².